The molecule has 122 valence electrons. The minimum absolute atomic E-state index is 0.0103. The van der Waals surface area contributed by atoms with Crippen molar-refractivity contribution in [3.63, 3.8) is 0 Å². The summed E-state index contributed by atoms with van der Waals surface area (Å²) in [5, 5.41) is 23.5. The summed E-state index contributed by atoms with van der Waals surface area (Å²) in [7, 11) is 0. The van der Waals surface area contributed by atoms with Crippen LogP contribution in [-0.4, -0.2) is 14.5 Å². The van der Waals surface area contributed by atoms with Gasteiger partial charge < -0.3 is 11.1 Å². The van der Waals surface area contributed by atoms with Gasteiger partial charge in [0.05, 0.1) is 21.5 Å². The van der Waals surface area contributed by atoms with Crippen molar-refractivity contribution in [3.05, 3.63) is 75.6 Å². The molecule has 25 heavy (non-hydrogen) atoms. The van der Waals surface area contributed by atoms with Crippen LogP contribution in [0.25, 0.3) is 11.0 Å². The molecule has 3 N–H and O–H groups in total. The number of nitrogens with two attached hydrogens (primary N) is 1. The lowest BCUT2D eigenvalue weighted by Gasteiger charge is -2.27. The van der Waals surface area contributed by atoms with Gasteiger partial charge in [0.1, 0.15) is 17.9 Å². The van der Waals surface area contributed by atoms with Crippen LogP contribution in [0, 0.1) is 21.4 Å². The normalized spacial score (nSPS) is 16.2. The SMILES string of the molecule is N#CC1=C(N)Nc2nc3ccccc3n2C1c1ccc([N+](=O)[O-])cc1. The first-order valence-electron chi connectivity index (χ1n) is 7.48. The summed E-state index contributed by atoms with van der Waals surface area (Å²) in [5.74, 6) is 0.759. The lowest BCUT2D eigenvalue weighted by Crippen LogP contribution is -2.27. The smallest absolute Gasteiger partial charge is 0.269 e. The molecule has 4 rings (SSSR count). The number of hydrogen-bond acceptors (Lipinski definition) is 6. The highest BCUT2D eigenvalue weighted by molar-refractivity contribution is 5.80. The van der Waals surface area contributed by atoms with Gasteiger partial charge >= 0.3 is 0 Å². The molecule has 0 spiro atoms. The second-order valence-electron chi connectivity index (χ2n) is 5.61. The van der Waals surface area contributed by atoms with Crippen molar-refractivity contribution in [2.75, 3.05) is 5.32 Å². The fourth-order valence-corrected chi connectivity index (χ4v) is 3.07. The van der Waals surface area contributed by atoms with E-state index in [1.165, 1.54) is 12.1 Å². The molecule has 8 nitrogen and oxygen atoms in total. The zero-order valence-electron chi connectivity index (χ0n) is 12.9. The van der Waals surface area contributed by atoms with Gasteiger partial charge in [-0.05, 0) is 29.8 Å². The molecule has 0 saturated heterocycles. The molecule has 1 unspecified atom stereocenters. The molecule has 0 saturated carbocycles. The van der Waals surface area contributed by atoms with E-state index in [1.807, 2.05) is 28.8 Å². The van der Waals surface area contributed by atoms with E-state index in [4.69, 9.17) is 5.73 Å². The van der Waals surface area contributed by atoms with Crippen LogP contribution in [0.5, 0.6) is 0 Å². The molecule has 0 fully saturated rings. The van der Waals surface area contributed by atoms with Crippen LogP contribution in [0.4, 0.5) is 11.6 Å². The lowest BCUT2D eigenvalue weighted by atomic mass is 9.97. The molecule has 3 aromatic rings. The number of benzene rings is 2. The van der Waals surface area contributed by atoms with E-state index in [-0.39, 0.29) is 11.5 Å². The van der Waals surface area contributed by atoms with Gasteiger partial charge in [-0.1, -0.05) is 12.1 Å². The molecule has 0 radical (unpaired) electrons. The predicted molar refractivity (Wildman–Crippen MR) is 91.4 cm³/mol. The quantitative estimate of drug-likeness (QED) is 0.549. The fraction of sp³-hybridized carbons (Fsp3) is 0.0588. The number of nitrogens with one attached hydrogen (secondary N) is 1. The highest BCUT2D eigenvalue weighted by Crippen LogP contribution is 2.38. The van der Waals surface area contributed by atoms with Gasteiger partial charge in [0.25, 0.3) is 5.69 Å². The molecule has 0 amide bonds. The number of allylic oxidation sites excluding steroid dienone is 1. The second kappa shape index (κ2) is 5.35. The average molecular weight is 332 g/mol. The summed E-state index contributed by atoms with van der Waals surface area (Å²) in [6.45, 7) is 0. The molecule has 1 aromatic heterocycles. The molecule has 1 atom stereocenters. The monoisotopic (exact) mass is 332 g/mol. The Bertz CT molecular complexity index is 1070. The first kappa shape index (κ1) is 14.7. The zero-order chi connectivity index (χ0) is 17.6. The third-order valence-corrected chi connectivity index (χ3v) is 4.20. The van der Waals surface area contributed by atoms with Gasteiger partial charge in [0, 0.05) is 12.1 Å². The number of anilines is 1. The van der Waals surface area contributed by atoms with Crippen molar-refractivity contribution in [1.82, 2.24) is 9.55 Å². The summed E-state index contributed by atoms with van der Waals surface area (Å²) >= 11 is 0. The van der Waals surface area contributed by atoms with E-state index >= 15 is 0 Å². The number of nitriles is 1. The van der Waals surface area contributed by atoms with Crippen LogP contribution in [0.15, 0.2) is 59.9 Å². The largest absolute Gasteiger partial charge is 0.384 e. The third kappa shape index (κ3) is 2.18. The van der Waals surface area contributed by atoms with Crippen molar-refractivity contribution in [2.45, 2.75) is 6.04 Å². The number of para-hydroxylation sites is 2. The van der Waals surface area contributed by atoms with Crippen LogP contribution >= 0.6 is 0 Å². The predicted octanol–water partition coefficient (Wildman–Crippen LogP) is 2.65. The summed E-state index contributed by atoms with van der Waals surface area (Å²) in [4.78, 5) is 14.9. The summed E-state index contributed by atoms with van der Waals surface area (Å²) in [6, 6.07) is 15.3. The van der Waals surface area contributed by atoms with E-state index in [2.05, 4.69) is 16.4 Å². The van der Waals surface area contributed by atoms with Crippen molar-refractivity contribution < 1.29 is 4.92 Å². The number of rotatable bonds is 2. The molecular formula is C17H12N6O2. The maximum atomic E-state index is 10.9. The first-order chi connectivity index (χ1) is 12.1. The van der Waals surface area contributed by atoms with E-state index in [0.29, 0.717) is 11.5 Å². The standard InChI is InChI=1S/C17H12N6O2/c18-9-12-15(10-5-7-11(8-6-10)23(24)25)22-14-4-2-1-3-13(14)20-17(22)21-16(12)19/h1-8,15H,19H2,(H,20,21). The fourth-order valence-electron chi connectivity index (χ4n) is 3.07. The molecule has 2 heterocycles. The third-order valence-electron chi connectivity index (χ3n) is 4.20. The van der Waals surface area contributed by atoms with Crippen LogP contribution in [0.1, 0.15) is 11.6 Å². The Balaban J connectivity index is 1.96. The van der Waals surface area contributed by atoms with Crippen LogP contribution in [0.3, 0.4) is 0 Å². The van der Waals surface area contributed by atoms with Gasteiger partial charge in [-0.15, -0.1) is 0 Å². The average Bonchev–Trinajstić information content (AvgIpc) is 2.98. The van der Waals surface area contributed by atoms with Crippen molar-refractivity contribution >= 4 is 22.7 Å². The van der Waals surface area contributed by atoms with E-state index in [0.717, 1.165) is 16.6 Å². The number of hydrogen-bond donors (Lipinski definition) is 2. The molecule has 0 bridgehead atoms. The molecule has 1 aliphatic rings. The number of nitro benzene ring substituents is 1. The Morgan fingerprint density at radius 2 is 1.96 bits per heavy atom. The Kier molecular flexibility index (Phi) is 3.15. The van der Waals surface area contributed by atoms with Crippen LogP contribution in [0.2, 0.25) is 0 Å². The van der Waals surface area contributed by atoms with Gasteiger partial charge in [-0.2, -0.15) is 5.26 Å². The number of imidazole rings is 1. The molecular weight excluding hydrogens is 320 g/mol. The van der Waals surface area contributed by atoms with E-state index < -0.39 is 11.0 Å². The molecule has 0 aliphatic carbocycles. The minimum atomic E-state index is -0.505. The van der Waals surface area contributed by atoms with Gasteiger partial charge in [-0.3, -0.25) is 14.7 Å². The van der Waals surface area contributed by atoms with Gasteiger partial charge in [-0.25, -0.2) is 4.98 Å². The summed E-state index contributed by atoms with van der Waals surface area (Å²) in [6.07, 6.45) is 0. The number of fused-ring (bicyclic) bond motifs is 3. The molecule has 8 heteroatoms. The van der Waals surface area contributed by atoms with Gasteiger partial charge in [0.2, 0.25) is 5.95 Å². The number of non-ortho nitro benzene ring substituents is 1. The summed E-state index contributed by atoms with van der Waals surface area (Å²) in [5.41, 5.74) is 8.67. The number of aromatic nitrogens is 2. The van der Waals surface area contributed by atoms with Crippen LogP contribution in [-0.2, 0) is 0 Å². The second-order valence-corrected chi connectivity index (χ2v) is 5.61. The maximum absolute atomic E-state index is 10.9. The Morgan fingerprint density at radius 1 is 1.24 bits per heavy atom. The highest BCUT2D eigenvalue weighted by Gasteiger charge is 2.31. The summed E-state index contributed by atoms with van der Waals surface area (Å²) < 4.78 is 1.88. The van der Waals surface area contributed by atoms with E-state index in [9.17, 15) is 15.4 Å². The Labute approximate surface area is 142 Å². The van der Waals surface area contributed by atoms with E-state index in [1.54, 1.807) is 12.1 Å². The lowest BCUT2D eigenvalue weighted by molar-refractivity contribution is -0.384. The number of nitro groups is 1. The Hall–Kier alpha value is -3.86. The topological polar surface area (TPSA) is 123 Å². The van der Waals surface area contributed by atoms with Crippen LogP contribution < -0.4 is 11.1 Å². The zero-order valence-corrected chi connectivity index (χ0v) is 12.9. The Morgan fingerprint density at radius 3 is 2.64 bits per heavy atom. The maximum Gasteiger partial charge on any atom is 0.269 e. The molecule has 2 aromatic carbocycles. The van der Waals surface area contributed by atoms with Crippen molar-refractivity contribution in [1.29, 1.82) is 5.26 Å². The minimum Gasteiger partial charge on any atom is -0.384 e. The number of nitrogens with zero attached hydrogens (tertiary/aromatic N) is 4. The van der Waals surface area contributed by atoms with Crippen molar-refractivity contribution in [3.8, 4) is 6.07 Å². The van der Waals surface area contributed by atoms with Crippen molar-refractivity contribution in [2.24, 2.45) is 5.73 Å². The first-order valence-corrected chi connectivity index (χ1v) is 7.48. The molecule has 1 aliphatic heterocycles. The highest BCUT2D eigenvalue weighted by atomic mass is 16.6. The van der Waals surface area contributed by atoms with Gasteiger partial charge in [0.15, 0.2) is 0 Å².